The molecule has 2 atom stereocenters. The Hall–Kier alpha value is -1.40. The quantitative estimate of drug-likeness (QED) is 0.326. The van der Waals surface area contributed by atoms with Crippen LogP contribution in [0, 0.1) is 0 Å². The van der Waals surface area contributed by atoms with Crippen molar-refractivity contribution >= 4 is 40.4 Å². The molecule has 190 valence electrons. The zero-order valence-electron chi connectivity index (χ0n) is 21.0. The fourth-order valence-electron chi connectivity index (χ4n) is 4.24. The third-order valence-corrected chi connectivity index (χ3v) is 8.27. The average Bonchev–Trinajstić information content (AvgIpc) is 2.93. The van der Waals surface area contributed by atoms with Gasteiger partial charge in [-0.1, -0.05) is 24.9 Å². The Morgan fingerprint density at radius 3 is 2.41 bits per heavy atom. The van der Waals surface area contributed by atoms with Crippen LogP contribution in [0.1, 0.15) is 66.0 Å². The average molecular weight is 516 g/mol. The first kappa shape index (κ1) is 27.2. The molecular formula is C22H35BClN3O6S. The van der Waals surface area contributed by atoms with Crippen LogP contribution >= 0.6 is 11.6 Å². The maximum Gasteiger partial charge on any atom is 0.514 e. The van der Waals surface area contributed by atoms with Gasteiger partial charge in [-0.3, -0.25) is 0 Å². The van der Waals surface area contributed by atoms with Crippen molar-refractivity contribution in [2.45, 2.75) is 77.7 Å². The summed E-state index contributed by atoms with van der Waals surface area (Å²) in [5.74, 6) is 0. The SMILES string of the molecule is CCCCOC(=O)N1CC(C)N(S(C)(=O)=O)C(c2cc(Cl)nc(B3OC(C)(C)C(C)(C)O3)c2)C1. The van der Waals surface area contributed by atoms with E-state index in [0.29, 0.717) is 17.8 Å². The van der Waals surface area contributed by atoms with Crippen molar-refractivity contribution in [3.8, 4) is 0 Å². The first-order valence-corrected chi connectivity index (χ1v) is 13.8. The molecule has 0 aliphatic carbocycles. The number of nitrogens with zero attached hydrogens (tertiary/aromatic N) is 3. The topological polar surface area (TPSA) is 98.3 Å². The normalized spacial score (nSPS) is 24.9. The number of rotatable bonds is 6. The fourth-order valence-corrected chi connectivity index (χ4v) is 5.83. The number of ether oxygens (including phenoxy) is 1. The summed E-state index contributed by atoms with van der Waals surface area (Å²) in [6.07, 6.45) is 2.39. The van der Waals surface area contributed by atoms with Gasteiger partial charge in [0.15, 0.2) is 0 Å². The molecule has 2 fully saturated rings. The largest absolute Gasteiger partial charge is 0.514 e. The van der Waals surface area contributed by atoms with Crippen molar-refractivity contribution in [3.05, 3.63) is 22.8 Å². The lowest BCUT2D eigenvalue weighted by Crippen LogP contribution is -2.56. The van der Waals surface area contributed by atoms with Crippen LogP contribution in [-0.4, -0.2) is 79.0 Å². The molecule has 2 aliphatic rings. The highest BCUT2D eigenvalue weighted by atomic mass is 35.5. The van der Waals surface area contributed by atoms with Gasteiger partial charge in [0.25, 0.3) is 0 Å². The van der Waals surface area contributed by atoms with Gasteiger partial charge in [-0.25, -0.2) is 18.2 Å². The van der Waals surface area contributed by atoms with Gasteiger partial charge in [-0.15, -0.1) is 0 Å². The van der Waals surface area contributed by atoms with Crippen LogP contribution in [0.4, 0.5) is 4.79 Å². The molecule has 2 unspecified atom stereocenters. The van der Waals surface area contributed by atoms with Crippen molar-refractivity contribution in [1.82, 2.24) is 14.2 Å². The van der Waals surface area contributed by atoms with Gasteiger partial charge in [0.2, 0.25) is 10.0 Å². The summed E-state index contributed by atoms with van der Waals surface area (Å²) in [4.78, 5) is 18.6. The Kier molecular flexibility index (Phi) is 7.94. The Morgan fingerprint density at radius 2 is 1.85 bits per heavy atom. The zero-order valence-corrected chi connectivity index (χ0v) is 22.6. The molecule has 3 heterocycles. The molecule has 1 aromatic heterocycles. The lowest BCUT2D eigenvalue weighted by molar-refractivity contribution is 0.00578. The van der Waals surface area contributed by atoms with Gasteiger partial charge in [-0.05, 0) is 58.7 Å². The maximum atomic E-state index is 12.8. The third kappa shape index (κ3) is 5.70. The minimum absolute atomic E-state index is 0.130. The zero-order chi connectivity index (χ0) is 25.5. The number of hydrogen-bond acceptors (Lipinski definition) is 7. The van der Waals surface area contributed by atoms with Crippen LogP contribution in [0.3, 0.4) is 0 Å². The Morgan fingerprint density at radius 1 is 1.24 bits per heavy atom. The van der Waals surface area contributed by atoms with Gasteiger partial charge in [0.1, 0.15) is 5.15 Å². The van der Waals surface area contributed by atoms with E-state index in [4.69, 9.17) is 25.6 Å². The number of carbonyl (C=O) groups is 1. The van der Waals surface area contributed by atoms with Gasteiger partial charge in [0.05, 0.1) is 35.7 Å². The van der Waals surface area contributed by atoms with Gasteiger partial charge < -0.3 is 18.9 Å². The molecule has 2 saturated heterocycles. The van der Waals surface area contributed by atoms with Crippen molar-refractivity contribution in [2.75, 3.05) is 26.0 Å². The van der Waals surface area contributed by atoms with E-state index in [1.807, 2.05) is 34.6 Å². The summed E-state index contributed by atoms with van der Waals surface area (Å²) >= 11 is 6.38. The molecule has 2 aliphatic heterocycles. The predicted octanol–water partition coefficient (Wildman–Crippen LogP) is 2.98. The molecule has 0 radical (unpaired) electrons. The van der Waals surface area contributed by atoms with Crippen LogP contribution in [0.15, 0.2) is 12.1 Å². The van der Waals surface area contributed by atoms with E-state index in [1.165, 1.54) is 10.6 Å². The number of piperazine rings is 1. The molecule has 0 saturated carbocycles. The second-order valence-corrected chi connectivity index (χ2v) is 12.3. The summed E-state index contributed by atoms with van der Waals surface area (Å²) in [6.45, 7) is 12.2. The molecule has 3 rings (SSSR count). The van der Waals surface area contributed by atoms with Crippen LogP contribution < -0.4 is 5.59 Å². The molecule has 9 nitrogen and oxygen atoms in total. The highest BCUT2D eigenvalue weighted by molar-refractivity contribution is 7.88. The summed E-state index contributed by atoms with van der Waals surface area (Å²) in [7, 11) is -4.35. The molecule has 1 aromatic rings. The first-order valence-electron chi connectivity index (χ1n) is 11.6. The number of amides is 1. The van der Waals surface area contributed by atoms with E-state index in [1.54, 1.807) is 24.0 Å². The Balaban J connectivity index is 1.96. The number of sulfonamides is 1. The van der Waals surface area contributed by atoms with Gasteiger partial charge >= 0.3 is 13.2 Å². The van der Waals surface area contributed by atoms with Crippen molar-refractivity contribution in [2.24, 2.45) is 0 Å². The standard InChI is InChI=1S/C22H35BClN3O6S/c1-8-9-10-31-20(28)26-13-15(2)27(34(7,29)30)17(14-26)16-11-18(25-19(24)12-16)23-32-21(3,4)22(5,6)33-23/h11-12,15,17H,8-10,13-14H2,1-7H3. The maximum absolute atomic E-state index is 12.8. The van der Waals surface area contributed by atoms with E-state index in [9.17, 15) is 13.2 Å². The highest BCUT2D eigenvalue weighted by Crippen LogP contribution is 2.37. The van der Waals surface area contributed by atoms with Crippen LogP contribution in [0.25, 0.3) is 0 Å². The van der Waals surface area contributed by atoms with E-state index >= 15 is 0 Å². The van der Waals surface area contributed by atoms with E-state index in [-0.39, 0.29) is 18.2 Å². The smallest absolute Gasteiger partial charge is 0.449 e. The molecular weight excluding hydrogens is 481 g/mol. The van der Waals surface area contributed by atoms with E-state index < -0.39 is 46.5 Å². The second kappa shape index (κ2) is 9.93. The monoisotopic (exact) mass is 515 g/mol. The molecule has 0 spiro atoms. The van der Waals surface area contributed by atoms with Gasteiger partial charge in [-0.2, -0.15) is 4.31 Å². The van der Waals surface area contributed by atoms with Crippen LogP contribution in [0.2, 0.25) is 5.15 Å². The summed E-state index contributed by atoms with van der Waals surface area (Å²) in [6, 6.07) is 2.24. The third-order valence-electron chi connectivity index (χ3n) is 6.70. The van der Waals surface area contributed by atoms with Gasteiger partial charge in [0, 0.05) is 19.1 Å². The number of unbranched alkanes of at least 4 members (excludes halogenated alkanes) is 1. The lowest BCUT2D eigenvalue weighted by atomic mass is 9.82. The molecule has 12 heteroatoms. The molecule has 0 bridgehead atoms. The fraction of sp³-hybridized carbons (Fsp3) is 0.727. The molecule has 1 amide bonds. The van der Waals surface area contributed by atoms with Crippen molar-refractivity contribution < 1.29 is 27.3 Å². The molecule has 0 aromatic carbocycles. The summed E-state index contributed by atoms with van der Waals surface area (Å²) < 4.78 is 44.6. The lowest BCUT2D eigenvalue weighted by Gasteiger charge is -2.43. The number of carbonyl (C=O) groups excluding carboxylic acids is 1. The van der Waals surface area contributed by atoms with Crippen LogP contribution in [-0.2, 0) is 24.1 Å². The van der Waals surface area contributed by atoms with E-state index in [2.05, 4.69) is 4.98 Å². The predicted molar refractivity (Wildman–Crippen MR) is 132 cm³/mol. The van der Waals surface area contributed by atoms with Crippen molar-refractivity contribution in [1.29, 1.82) is 0 Å². The number of aromatic nitrogens is 1. The number of halogens is 1. The Bertz CT molecular complexity index is 1010. The minimum Gasteiger partial charge on any atom is -0.449 e. The number of pyridine rings is 1. The second-order valence-electron chi connectivity index (χ2n) is 10.1. The molecule has 34 heavy (non-hydrogen) atoms. The minimum atomic E-state index is -3.60. The van der Waals surface area contributed by atoms with Crippen molar-refractivity contribution in [3.63, 3.8) is 0 Å². The summed E-state index contributed by atoms with van der Waals surface area (Å²) in [5.41, 5.74) is -0.0872. The molecule has 0 N–H and O–H groups in total. The first-order chi connectivity index (χ1) is 15.7. The van der Waals surface area contributed by atoms with Crippen LogP contribution in [0.5, 0.6) is 0 Å². The highest BCUT2D eigenvalue weighted by Gasteiger charge is 2.52. The number of hydrogen-bond donors (Lipinski definition) is 0. The summed E-state index contributed by atoms with van der Waals surface area (Å²) in [5, 5.41) is 0.186. The Labute approximate surface area is 208 Å². The van der Waals surface area contributed by atoms with E-state index in [0.717, 1.165) is 12.8 Å².